The van der Waals surface area contributed by atoms with Crippen LogP contribution in [0, 0.1) is 0 Å². The van der Waals surface area contributed by atoms with Crippen molar-refractivity contribution in [1.82, 2.24) is 4.31 Å². The smallest absolute Gasteiger partial charge is 0.225 e. The molecule has 1 unspecified atom stereocenters. The van der Waals surface area contributed by atoms with Gasteiger partial charge in [0.15, 0.2) is 0 Å². The third-order valence-electron chi connectivity index (χ3n) is 4.07. The molecule has 2 rings (SSSR count). The SMILES string of the molecule is COc1ccc(NC(=O)CCN(C(C)c2ccccc2)S(C)(=O)=O)cc1. The van der Waals surface area contributed by atoms with E-state index >= 15 is 0 Å². The summed E-state index contributed by atoms with van der Waals surface area (Å²) in [5.41, 5.74) is 1.52. The fourth-order valence-electron chi connectivity index (χ4n) is 2.65. The minimum absolute atomic E-state index is 0.0657. The normalized spacial score (nSPS) is 12.6. The first-order valence-corrected chi connectivity index (χ1v) is 10.1. The van der Waals surface area contributed by atoms with Crippen molar-refractivity contribution in [3.8, 4) is 5.75 Å². The number of hydrogen-bond acceptors (Lipinski definition) is 4. The highest BCUT2D eigenvalue weighted by atomic mass is 32.2. The minimum atomic E-state index is -3.45. The predicted molar refractivity (Wildman–Crippen MR) is 103 cm³/mol. The lowest BCUT2D eigenvalue weighted by atomic mass is 10.1. The van der Waals surface area contributed by atoms with Gasteiger partial charge < -0.3 is 10.1 Å². The lowest BCUT2D eigenvalue weighted by molar-refractivity contribution is -0.116. The molecule has 0 aliphatic carbocycles. The first-order chi connectivity index (χ1) is 12.3. The highest BCUT2D eigenvalue weighted by molar-refractivity contribution is 7.88. The summed E-state index contributed by atoms with van der Waals surface area (Å²) in [6, 6.07) is 16.0. The summed E-state index contributed by atoms with van der Waals surface area (Å²) in [6.45, 7) is 1.93. The van der Waals surface area contributed by atoms with Gasteiger partial charge in [-0.1, -0.05) is 30.3 Å². The standard InChI is InChI=1S/C19H24N2O4S/c1-15(16-7-5-4-6-8-16)21(26(3,23)24)14-13-19(22)20-17-9-11-18(25-2)12-10-17/h4-12,15H,13-14H2,1-3H3,(H,20,22). The topological polar surface area (TPSA) is 75.7 Å². The third kappa shape index (κ3) is 5.57. The van der Waals surface area contributed by atoms with E-state index in [4.69, 9.17) is 4.74 Å². The summed E-state index contributed by atoms with van der Waals surface area (Å²) in [7, 11) is -1.88. The zero-order chi connectivity index (χ0) is 19.2. The average Bonchev–Trinajstić information content (AvgIpc) is 2.62. The van der Waals surface area contributed by atoms with Crippen LogP contribution in [0.25, 0.3) is 0 Å². The number of nitrogens with zero attached hydrogens (tertiary/aromatic N) is 1. The predicted octanol–water partition coefficient (Wildman–Crippen LogP) is 3.05. The van der Waals surface area contributed by atoms with Crippen LogP contribution in [0.1, 0.15) is 24.9 Å². The van der Waals surface area contributed by atoms with E-state index in [0.717, 1.165) is 11.8 Å². The van der Waals surface area contributed by atoms with Crippen LogP contribution in [0.3, 0.4) is 0 Å². The Morgan fingerprint density at radius 2 is 1.73 bits per heavy atom. The van der Waals surface area contributed by atoms with Crippen LogP contribution in [0.15, 0.2) is 54.6 Å². The Morgan fingerprint density at radius 1 is 1.12 bits per heavy atom. The van der Waals surface area contributed by atoms with Crippen molar-refractivity contribution in [3.63, 3.8) is 0 Å². The second kappa shape index (κ2) is 8.82. The largest absolute Gasteiger partial charge is 0.497 e. The van der Waals surface area contributed by atoms with E-state index in [1.54, 1.807) is 31.4 Å². The highest BCUT2D eigenvalue weighted by Gasteiger charge is 2.25. The fraction of sp³-hybridized carbons (Fsp3) is 0.316. The van der Waals surface area contributed by atoms with Gasteiger partial charge in [-0.05, 0) is 36.8 Å². The molecule has 140 valence electrons. The molecule has 26 heavy (non-hydrogen) atoms. The molecule has 1 amide bonds. The van der Waals surface area contributed by atoms with Crippen molar-refractivity contribution < 1.29 is 17.9 Å². The van der Waals surface area contributed by atoms with Gasteiger partial charge in [0.25, 0.3) is 0 Å². The Bertz CT molecular complexity index is 820. The van der Waals surface area contributed by atoms with Gasteiger partial charge in [-0.2, -0.15) is 4.31 Å². The number of benzene rings is 2. The monoisotopic (exact) mass is 376 g/mol. The molecule has 1 N–H and O–H groups in total. The molecule has 0 heterocycles. The maximum atomic E-state index is 12.2. The number of carbonyl (C=O) groups excluding carboxylic acids is 1. The van der Waals surface area contributed by atoms with Crippen LogP contribution in [0.5, 0.6) is 5.75 Å². The Labute approximate surface area is 154 Å². The maximum Gasteiger partial charge on any atom is 0.225 e. The molecule has 0 spiro atoms. The van der Waals surface area contributed by atoms with Gasteiger partial charge in [-0.15, -0.1) is 0 Å². The van der Waals surface area contributed by atoms with E-state index < -0.39 is 10.0 Å². The molecule has 0 saturated carbocycles. The van der Waals surface area contributed by atoms with E-state index in [9.17, 15) is 13.2 Å². The Morgan fingerprint density at radius 3 is 2.27 bits per heavy atom. The van der Waals surface area contributed by atoms with Crippen LogP contribution in [0.2, 0.25) is 0 Å². The van der Waals surface area contributed by atoms with Gasteiger partial charge in [0, 0.05) is 24.7 Å². The summed E-state index contributed by atoms with van der Waals surface area (Å²) in [6.07, 6.45) is 1.23. The summed E-state index contributed by atoms with van der Waals surface area (Å²) in [5.74, 6) is 0.451. The second-order valence-corrected chi connectivity index (χ2v) is 7.92. The lowest BCUT2D eigenvalue weighted by Crippen LogP contribution is -2.35. The summed E-state index contributed by atoms with van der Waals surface area (Å²) < 4.78 is 30.8. The van der Waals surface area contributed by atoms with Crippen molar-refractivity contribution in [3.05, 3.63) is 60.2 Å². The van der Waals surface area contributed by atoms with E-state index in [1.165, 1.54) is 4.31 Å². The Kier molecular flexibility index (Phi) is 6.76. The highest BCUT2D eigenvalue weighted by Crippen LogP contribution is 2.23. The number of nitrogens with one attached hydrogen (secondary N) is 1. The van der Waals surface area contributed by atoms with Crippen molar-refractivity contribution >= 4 is 21.6 Å². The zero-order valence-corrected chi connectivity index (χ0v) is 16.0. The molecule has 0 saturated heterocycles. The van der Waals surface area contributed by atoms with Crippen LogP contribution < -0.4 is 10.1 Å². The molecule has 0 aliphatic heterocycles. The van der Waals surface area contributed by atoms with Gasteiger partial charge in [-0.3, -0.25) is 4.79 Å². The molecule has 6 nitrogen and oxygen atoms in total. The quantitative estimate of drug-likeness (QED) is 0.768. The zero-order valence-electron chi connectivity index (χ0n) is 15.2. The molecule has 2 aromatic rings. The third-order valence-corrected chi connectivity index (χ3v) is 5.42. The maximum absolute atomic E-state index is 12.2. The fourth-order valence-corrected chi connectivity index (χ4v) is 3.77. The molecule has 1 atom stereocenters. The van der Waals surface area contributed by atoms with Crippen molar-refractivity contribution in [2.75, 3.05) is 25.2 Å². The van der Waals surface area contributed by atoms with Gasteiger partial charge in [0.1, 0.15) is 5.75 Å². The number of anilines is 1. The van der Waals surface area contributed by atoms with E-state index in [2.05, 4.69) is 5.32 Å². The second-order valence-electron chi connectivity index (χ2n) is 5.99. The first-order valence-electron chi connectivity index (χ1n) is 8.27. The summed E-state index contributed by atoms with van der Waals surface area (Å²) in [4.78, 5) is 12.2. The van der Waals surface area contributed by atoms with Gasteiger partial charge in [-0.25, -0.2) is 8.42 Å². The van der Waals surface area contributed by atoms with Crippen molar-refractivity contribution in [1.29, 1.82) is 0 Å². The van der Waals surface area contributed by atoms with E-state index in [1.807, 2.05) is 37.3 Å². The van der Waals surface area contributed by atoms with Crippen LogP contribution in [-0.4, -0.2) is 38.5 Å². The summed E-state index contributed by atoms with van der Waals surface area (Å²) >= 11 is 0. The molecule has 0 aliphatic rings. The molecule has 0 bridgehead atoms. The van der Waals surface area contributed by atoms with Crippen molar-refractivity contribution in [2.24, 2.45) is 0 Å². The number of methoxy groups -OCH3 is 1. The molecule has 0 radical (unpaired) electrons. The molecular formula is C19H24N2O4S. The van der Waals surface area contributed by atoms with Gasteiger partial charge in [0.2, 0.25) is 15.9 Å². The van der Waals surface area contributed by atoms with Crippen LogP contribution >= 0.6 is 0 Å². The minimum Gasteiger partial charge on any atom is -0.497 e. The number of sulfonamides is 1. The van der Waals surface area contributed by atoms with E-state index in [-0.39, 0.29) is 24.9 Å². The van der Waals surface area contributed by atoms with E-state index in [0.29, 0.717) is 11.4 Å². The Balaban J connectivity index is 2.01. The molecular weight excluding hydrogens is 352 g/mol. The lowest BCUT2D eigenvalue weighted by Gasteiger charge is -2.27. The van der Waals surface area contributed by atoms with Gasteiger partial charge in [0.05, 0.1) is 13.4 Å². The summed E-state index contributed by atoms with van der Waals surface area (Å²) in [5, 5.41) is 2.76. The number of hydrogen-bond donors (Lipinski definition) is 1. The number of carbonyl (C=O) groups is 1. The number of amides is 1. The first kappa shape index (κ1) is 19.9. The molecule has 0 aromatic heterocycles. The number of ether oxygens (including phenoxy) is 1. The van der Waals surface area contributed by atoms with Crippen molar-refractivity contribution in [2.45, 2.75) is 19.4 Å². The Hall–Kier alpha value is -2.38. The van der Waals surface area contributed by atoms with Crippen LogP contribution in [0.4, 0.5) is 5.69 Å². The van der Waals surface area contributed by atoms with Crippen LogP contribution in [-0.2, 0) is 14.8 Å². The average molecular weight is 376 g/mol. The molecule has 7 heteroatoms. The van der Waals surface area contributed by atoms with Gasteiger partial charge >= 0.3 is 0 Å². The molecule has 2 aromatic carbocycles. The number of rotatable bonds is 8. The molecule has 0 fully saturated rings.